The molecule has 4 aliphatic rings. The second-order valence-electron chi connectivity index (χ2n) is 13.7. The Morgan fingerprint density at radius 2 is 1.67 bits per heavy atom. The van der Waals surface area contributed by atoms with Crippen molar-refractivity contribution in [3.8, 4) is 5.75 Å². The molecule has 278 valence electrons. The topological polar surface area (TPSA) is 217 Å². The molecule has 3 aliphatic carbocycles. The van der Waals surface area contributed by atoms with Gasteiger partial charge in [-0.15, -0.1) is 0 Å². The largest absolute Gasteiger partial charge is 0.510 e. The number of nitrogens with two attached hydrogens (primary N) is 1. The number of phenols is 1. The van der Waals surface area contributed by atoms with Crippen molar-refractivity contribution in [3.63, 3.8) is 0 Å². The van der Waals surface area contributed by atoms with E-state index < -0.39 is 118 Å². The number of hydrogen-bond donors (Lipinski definition) is 5. The van der Waals surface area contributed by atoms with Gasteiger partial charge >= 0.3 is 18.1 Å². The molecule has 0 spiro atoms. The number of carbonyl (C=O) groups is 5. The number of Topliss-reactive ketones (excluding diaryl/α,β-unsaturated/α-hetero) is 2. The number of amides is 1. The third-order valence-corrected chi connectivity index (χ3v) is 10.7. The third-order valence-electron chi connectivity index (χ3n) is 10.7. The number of aliphatic hydroxyl groups is 3. The number of fused-ring (bicyclic) bond motifs is 3. The van der Waals surface area contributed by atoms with Crippen LogP contribution in [0.2, 0.25) is 0 Å². The summed E-state index contributed by atoms with van der Waals surface area (Å²) < 4.78 is 50.1. The van der Waals surface area contributed by atoms with E-state index in [9.17, 15) is 57.6 Å². The van der Waals surface area contributed by atoms with Crippen molar-refractivity contribution in [1.82, 2.24) is 9.80 Å². The van der Waals surface area contributed by atoms with Crippen molar-refractivity contribution < 1.29 is 67.0 Å². The summed E-state index contributed by atoms with van der Waals surface area (Å²) in [5.74, 6) is -13.8. The smallest absolute Gasteiger partial charge is 0.391 e. The van der Waals surface area contributed by atoms with Gasteiger partial charge in [-0.25, -0.2) is 0 Å². The minimum absolute atomic E-state index is 0.0126. The lowest BCUT2D eigenvalue weighted by Gasteiger charge is -2.54. The molecule has 14 nitrogen and oxygen atoms in total. The van der Waals surface area contributed by atoms with Crippen LogP contribution in [0, 0.1) is 17.8 Å². The second-order valence-corrected chi connectivity index (χ2v) is 13.7. The maximum absolute atomic E-state index is 14.4. The average molecular weight is 724 g/mol. The molecule has 1 aliphatic heterocycles. The Hall–Kier alpha value is -4.48. The maximum atomic E-state index is 14.4. The van der Waals surface area contributed by atoms with Gasteiger partial charge in [0.05, 0.1) is 43.4 Å². The number of benzene rings is 1. The molecule has 1 aromatic rings. The van der Waals surface area contributed by atoms with Gasteiger partial charge in [-0.05, 0) is 51.5 Å². The number of carbonyl (C=O) groups excluding carboxylic acids is 5. The number of ether oxygens (including phenoxy) is 2. The predicted octanol–water partition coefficient (Wildman–Crippen LogP) is 1.93. The maximum Gasteiger partial charge on any atom is 0.391 e. The number of aromatic hydroxyl groups is 1. The number of aliphatic hydroxyl groups excluding tert-OH is 2. The van der Waals surface area contributed by atoms with E-state index in [2.05, 4.69) is 4.74 Å². The average Bonchev–Trinajstić information content (AvgIpc) is 3.05. The predicted molar refractivity (Wildman–Crippen MR) is 169 cm³/mol. The zero-order valence-corrected chi connectivity index (χ0v) is 28.3. The zero-order chi connectivity index (χ0) is 37.9. The van der Waals surface area contributed by atoms with Crippen LogP contribution in [0.15, 0.2) is 34.8 Å². The van der Waals surface area contributed by atoms with E-state index in [1.54, 1.807) is 11.8 Å². The summed E-state index contributed by atoms with van der Waals surface area (Å²) in [4.78, 5) is 68.8. The molecular weight excluding hydrogens is 683 g/mol. The summed E-state index contributed by atoms with van der Waals surface area (Å²) in [6.07, 6.45) is -7.22. The summed E-state index contributed by atoms with van der Waals surface area (Å²) in [6, 6.07) is 1.55. The van der Waals surface area contributed by atoms with E-state index in [-0.39, 0.29) is 49.2 Å². The number of primary amides is 1. The molecule has 0 bridgehead atoms. The summed E-state index contributed by atoms with van der Waals surface area (Å²) in [5.41, 5.74) is 0.742. The van der Waals surface area contributed by atoms with Crippen LogP contribution in [0.3, 0.4) is 0 Å². The number of rotatable bonds is 8. The van der Waals surface area contributed by atoms with Gasteiger partial charge in [0.15, 0.2) is 11.4 Å². The van der Waals surface area contributed by atoms with E-state index in [1.165, 1.54) is 31.1 Å². The second kappa shape index (κ2) is 13.6. The van der Waals surface area contributed by atoms with Gasteiger partial charge in [-0.1, -0.05) is 19.1 Å². The fraction of sp³-hybridized carbons (Fsp3) is 0.559. The summed E-state index contributed by atoms with van der Waals surface area (Å²) >= 11 is 0. The number of methoxy groups -OCH3 is 1. The van der Waals surface area contributed by atoms with Gasteiger partial charge in [-0.2, -0.15) is 13.2 Å². The highest BCUT2D eigenvalue weighted by Crippen LogP contribution is 2.56. The van der Waals surface area contributed by atoms with Gasteiger partial charge < -0.3 is 35.6 Å². The fourth-order valence-electron chi connectivity index (χ4n) is 8.08. The Morgan fingerprint density at radius 1 is 1.06 bits per heavy atom. The molecule has 5 rings (SSSR count). The summed E-state index contributed by atoms with van der Waals surface area (Å²) in [5, 5.41) is 46.8. The van der Waals surface area contributed by atoms with Gasteiger partial charge in [0, 0.05) is 23.6 Å². The van der Waals surface area contributed by atoms with Gasteiger partial charge in [0.25, 0.3) is 5.91 Å². The number of alkyl halides is 3. The molecule has 1 fully saturated rings. The zero-order valence-electron chi connectivity index (χ0n) is 28.3. The van der Waals surface area contributed by atoms with Crippen molar-refractivity contribution in [2.75, 3.05) is 34.3 Å². The highest BCUT2D eigenvalue weighted by molar-refractivity contribution is 6.25. The molecule has 51 heavy (non-hydrogen) atoms. The molecule has 1 heterocycles. The van der Waals surface area contributed by atoms with E-state index in [0.29, 0.717) is 0 Å². The SMILES string of the molecule is COC(=O)CCC(=O)O[C@H]1[C@H]2C(=C(O)[C@]3(O)C(=O)C(C(N)=O)=C(O)[C@@H](N(C)C)[C@H]13)C(=O)c1c(ccc(CN3CCC(C(F)(F)F)CC3)c1O)[C@@H]2C. The van der Waals surface area contributed by atoms with Crippen LogP contribution in [-0.2, 0) is 35.2 Å². The fourth-order valence-corrected chi connectivity index (χ4v) is 8.08. The Balaban J connectivity index is 1.64. The van der Waals surface area contributed by atoms with Crippen LogP contribution >= 0.6 is 0 Å². The first-order chi connectivity index (χ1) is 23.8. The number of ketones is 2. The molecular formula is C34H40F3N3O11. The van der Waals surface area contributed by atoms with Crippen LogP contribution < -0.4 is 5.73 Å². The molecule has 1 saturated heterocycles. The van der Waals surface area contributed by atoms with Crippen molar-refractivity contribution in [2.45, 2.75) is 69.0 Å². The Morgan fingerprint density at radius 3 is 2.22 bits per heavy atom. The van der Waals surface area contributed by atoms with Crippen molar-refractivity contribution in [2.24, 2.45) is 23.5 Å². The number of hydrogen-bond acceptors (Lipinski definition) is 13. The van der Waals surface area contributed by atoms with Gasteiger partial charge in [0.2, 0.25) is 5.78 Å². The molecule has 1 aromatic carbocycles. The van der Waals surface area contributed by atoms with Crippen molar-refractivity contribution in [3.05, 3.63) is 51.5 Å². The van der Waals surface area contributed by atoms with Crippen LogP contribution in [0.4, 0.5) is 13.2 Å². The van der Waals surface area contributed by atoms with E-state index in [0.717, 1.165) is 7.11 Å². The Bertz CT molecular complexity index is 1730. The Labute approximate surface area is 290 Å². The summed E-state index contributed by atoms with van der Waals surface area (Å²) in [6.45, 7) is 1.73. The van der Waals surface area contributed by atoms with Crippen LogP contribution in [0.5, 0.6) is 5.75 Å². The van der Waals surface area contributed by atoms with Crippen LogP contribution in [-0.4, -0.2) is 118 Å². The number of phenolic OH excluding ortho intramolecular Hbond substituents is 1. The molecule has 1 amide bonds. The number of likely N-dealkylation sites (tertiary alicyclic amines) is 1. The monoisotopic (exact) mass is 723 g/mol. The quantitative estimate of drug-likeness (QED) is 0.192. The normalized spacial score (nSPS) is 28.7. The molecule has 6 atom stereocenters. The number of likely N-dealkylation sites (N-methyl/N-ethyl adjacent to an activating group) is 1. The van der Waals surface area contributed by atoms with E-state index in [4.69, 9.17) is 10.5 Å². The molecule has 0 radical (unpaired) electrons. The van der Waals surface area contributed by atoms with Crippen molar-refractivity contribution in [1.29, 1.82) is 0 Å². The number of nitrogens with zero attached hydrogens (tertiary/aromatic N) is 2. The first-order valence-corrected chi connectivity index (χ1v) is 16.3. The van der Waals surface area contributed by atoms with Crippen molar-refractivity contribution >= 4 is 29.4 Å². The molecule has 0 aromatic heterocycles. The van der Waals surface area contributed by atoms with Crippen LogP contribution in [0.25, 0.3) is 0 Å². The van der Waals surface area contributed by atoms with Gasteiger partial charge in [-0.3, -0.25) is 33.8 Å². The van der Waals surface area contributed by atoms with Crippen LogP contribution in [0.1, 0.15) is 60.0 Å². The minimum atomic E-state index is -4.33. The van der Waals surface area contributed by atoms with E-state index in [1.807, 2.05) is 0 Å². The van der Waals surface area contributed by atoms with Gasteiger partial charge in [0.1, 0.15) is 28.9 Å². The lowest BCUT2D eigenvalue weighted by Crippen LogP contribution is -2.69. The lowest BCUT2D eigenvalue weighted by atomic mass is 9.55. The lowest BCUT2D eigenvalue weighted by molar-refractivity contribution is -0.185. The van der Waals surface area contributed by atoms with E-state index >= 15 is 0 Å². The first kappa shape index (κ1) is 37.8. The molecule has 6 N–H and O–H groups in total. The number of esters is 2. The standard InChI is InChI=1S/C34H40F3N3O11/c1-14-17-6-5-15(13-40-11-9-16(10-12-40)34(35,36)37)26(43)21(17)27(44)22-20(14)29(51-19(42)8-7-18(41)50-4)24-25(39(2)3)28(45)23(32(38)48)31(47)33(24,49)30(22)46/h5-6,14,16,20,24-25,29,43,45-46,49H,7-13H2,1-4H3,(H2,38,48)/t14-,20+,24+,25-,29-,33-/m0/s1. The molecule has 0 saturated carbocycles. The number of piperidine rings is 1. The molecule has 17 heteroatoms. The first-order valence-electron chi connectivity index (χ1n) is 16.3. The highest BCUT2D eigenvalue weighted by Gasteiger charge is 2.68. The third kappa shape index (κ3) is 6.24. The number of halogens is 3. The molecule has 0 unspecified atom stereocenters. The highest BCUT2D eigenvalue weighted by atomic mass is 19.4. The Kier molecular flexibility index (Phi) is 10.1. The summed E-state index contributed by atoms with van der Waals surface area (Å²) in [7, 11) is 3.94. The minimum Gasteiger partial charge on any atom is -0.510 e.